The first-order chi connectivity index (χ1) is 9.79. The van der Waals surface area contributed by atoms with Crippen molar-refractivity contribution in [3.8, 4) is 0 Å². The molecule has 1 unspecified atom stereocenters. The van der Waals surface area contributed by atoms with Crippen molar-refractivity contribution in [2.45, 2.75) is 25.9 Å². The van der Waals surface area contributed by atoms with Crippen LogP contribution in [0, 0.1) is 5.92 Å². The van der Waals surface area contributed by atoms with Gasteiger partial charge in [0.1, 0.15) is 6.61 Å². The van der Waals surface area contributed by atoms with E-state index in [1.165, 1.54) is 0 Å². The molecule has 0 saturated carbocycles. The molecule has 0 aromatic heterocycles. The summed E-state index contributed by atoms with van der Waals surface area (Å²) >= 11 is 0. The second-order valence-electron chi connectivity index (χ2n) is 5.34. The maximum Gasteiger partial charge on any atom is 0.248 e. The Hall–Kier alpha value is -1.39. The van der Waals surface area contributed by atoms with Crippen LogP contribution < -0.4 is 0 Å². The summed E-state index contributed by atoms with van der Waals surface area (Å²) in [6.07, 6.45) is 2.92. The van der Waals surface area contributed by atoms with Crippen molar-refractivity contribution in [2.75, 3.05) is 26.3 Å². The van der Waals surface area contributed by atoms with Gasteiger partial charge in [0.05, 0.1) is 6.61 Å². The van der Waals surface area contributed by atoms with Gasteiger partial charge in [-0.1, -0.05) is 30.3 Å². The predicted octanol–water partition coefficient (Wildman–Crippen LogP) is 1.82. The topological polar surface area (TPSA) is 49.8 Å². The van der Waals surface area contributed by atoms with Gasteiger partial charge in [0.2, 0.25) is 5.91 Å². The monoisotopic (exact) mass is 277 g/mol. The van der Waals surface area contributed by atoms with Gasteiger partial charge in [0.25, 0.3) is 0 Å². The van der Waals surface area contributed by atoms with E-state index in [4.69, 9.17) is 9.84 Å². The van der Waals surface area contributed by atoms with Crippen LogP contribution in [0.15, 0.2) is 30.3 Å². The van der Waals surface area contributed by atoms with Crippen molar-refractivity contribution < 1.29 is 14.6 Å². The van der Waals surface area contributed by atoms with Crippen LogP contribution in [0.5, 0.6) is 0 Å². The molecule has 1 saturated heterocycles. The number of amides is 1. The Morgan fingerprint density at radius 3 is 2.90 bits per heavy atom. The average Bonchev–Trinajstić information content (AvgIpc) is 2.49. The van der Waals surface area contributed by atoms with E-state index in [2.05, 4.69) is 0 Å². The van der Waals surface area contributed by atoms with Crippen LogP contribution in [0.1, 0.15) is 24.8 Å². The van der Waals surface area contributed by atoms with Crippen molar-refractivity contribution in [2.24, 2.45) is 5.92 Å². The van der Waals surface area contributed by atoms with Gasteiger partial charge in [0.15, 0.2) is 0 Å². The second-order valence-corrected chi connectivity index (χ2v) is 5.34. The Labute approximate surface area is 120 Å². The summed E-state index contributed by atoms with van der Waals surface area (Å²) in [6, 6.07) is 9.87. The number of hydrogen-bond donors (Lipinski definition) is 1. The van der Waals surface area contributed by atoms with Crippen LogP contribution >= 0.6 is 0 Å². The van der Waals surface area contributed by atoms with Gasteiger partial charge in [0, 0.05) is 19.7 Å². The molecule has 20 heavy (non-hydrogen) atoms. The fourth-order valence-electron chi connectivity index (χ4n) is 2.63. The van der Waals surface area contributed by atoms with E-state index in [1.54, 1.807) is 0 Å². The Morgan fingerprint density at radius 1 is 1.35 bits per heavy atom. The first-order valence-electron chi connectivity index (χ1n) is 7.30. The SMILES string of the molecule is O=C(COCc1ccccc1)N1CCCC(CCO)C1. The molecule has 0 aliphatic carbocycles. The van der Waals surface area contributed by atoms with Crippen molar-refractivity contribution in [1.82, 2.24) is 4.90 Å². The molecule has 2 rings (SSSR count). The Bertz CT molecular complexity index is 405. The smallest absolute Gasteiger partial charge is 0.248 e. The molecule has 1 atom stereocenters. The van der Waals surface area contributed by atoms with Crippen LogP contribution in [0.2, 0.25) is 0 Å². The minimum atomic E-state index is 0.0589. The highest BCUT2D eigenvalue weighted by Crippen LogP contribution is 2.19. The lowest BCUT2D eigenvalue weighted by molar-refractivity contribution is -0.138. The van der Waals surface area contributed by atoms with Gasteiger partial charge in [-0.15, -0.1) is 0 Å². The molecule has 1 aliphatic heterocycles. The molecule has 1 aromatic carbocycles. The molecule has 1 heterocycles. The lowest BCUT2D eigenvalue weighted by atomic mass is 9.95. The molecule has 0 bridgehead atoms. The zero-order chi connectivity index (χ0) is 14.2. The summed E-state index contributed by atoms with van der Waals surface area (Å²) in [7, 11) is 0. The molecule has 1 amide bonds. The minimum absolute atomic E-state index is 0.0589. The highest BCUT2D eigenvalue weighted by molar-refractivity contribution is 5.77. The summed E-state index contributed by atoms with van der Waals surface area (Å²) in [5.41, 5.74) is 1.08. The zero-order valence-corrected chi connectivity index (χ0v) is 11.8. The third kappa shape index (κ3) is 4.62. The number of ether oxygens (including phenoxy) is 1. The molecule has 1 aromatic rings. The third-order valence-electron chi connectivity index (χ3n) is 3.75. The van der Waals surface area contributed by atoms with E-state index in [1.807, 2.05) is 35.2 Å². The molecule has 0 radical (unpaired) electrons. The van der Waals surface area contributed by atoms with E-state index >= 15 is 0 Å². The lowest BCUT2D eigenvalue weighted by Gasteiger charge is -2.32. The van der Waals surface area contributed by atoms with Crippen molar-refractivity contribution >= 4 is 5.91 Å². The highest BCUT2D eigenvalue weighted by atomic mass is 16.5. The van der Waals surface area contributed by atoms with E-state index in [-0.39, 0.29) is 19.1 Å². The van der Waals surface area contributed by atoms with Gasteiger partial charge in [-0.05, 0) is 30.7 Å². The quantitative estimate of drug-likeness (QED) is 0.863. The molecule has 0 spiro atoms. The van der Waals surface area contributed by atoms with E-state index in [9.17, 15) is 4.79 Å². The van der Waals surface area contributed by atoms with Gasteiger partial charge in [-0.25, -0.2) is 0 Å². The maximum absolute atomic E-state index is 12.1. The number of hydrogen-bond acceptors (Lipinski definition) is 3. The Morgan fingerprint density at radius 2 is 2.15 bits per heavy atom. The number of carbonyl (C=O) groups is 1. The number of nitrogens with zero attached hydrogens (tertiary/aromatic N) is 1. The van der Waals surface area contributed by atoms with Crippen LogP contribution in [-0.2, 0) is 16.1 Å². The molecule has 1 N–H and O–H groups in total. The van der Waals surface area contributed by atoms with Gasteiger partial charge >= 0.3 is 0 Å². The molecule has 1 fully saturated rings. The Kier molecular flexibility index (Phi) is 6.02. The number of benzene rings is 1. The zero-order valence-electron chi connectivity index (χ0n) is 11.8. The summed E-state index contributed by atoms with van der Waals surface area (Å²) < 4.78 is 5.49. The minimum Gasteiger partial charge on any atom is -0.396 e. The average molecular weight is 277 g/mol. The van der Waals surface area contributed by atoms with E-state index in [0.717, 1.165) is 37.9 Å². The van der Waals surface area contributed by atoms with Gasteiger partial charge in [-0.3, -0.25) is 4.79 Å². The molecule has 4 nitrogen and oxygen atoms in total. The van der Waals surface area contributed by atoms with E-state index < -0.39 is 0 Å². The number of piperidine rings is 1. The normalized spacial score (nSPS) is 19.1. The summed E-state index contributed by atoms with van der Waals surface area (Å²) in [5.74, 6) is 0.496. The molecule has 1 aliphatic rings. The molecule has 4 heteroatoms. The molecule has 110 valence electrons. The van der Waals surface area contributed by atoms with Crippen LogP contribution in [0.4, 0.5) is 0 Å². The number of carbonyl (C=O) groups excluding carboxylic acids is 1. The number of aliphatic hydroxyl groups is 1. The summed E-state index contributed by atoms with van der Waals surface area (Å²) in [6.45, 7) is 2.39. The van der Waals surface area contributed by atoms with Gasteiger partial charge < -0.3 is 14.7 Å². The van der Waals surface area contributed by atoms with Crippen LogP contribution in [0.25, 0.3) is 0 Å². The Balaban J connectivity index is 1.71. The first-order valence-corrected chi connectivity index (χ1v) is 7.30. The molecular weight excluding hydrogens is 254 g/mol. The van der Waals surface area contributed by atoms with Crippen molar-refractivity contribution in [3.63, 3.8) is 0 Å². The first kappa shape index (κ1) is 15.0. The van der Waals surface area contributed by atoms with E-state index in [0.29, 0.717) is 12.5 Å². The lowest BCUT2D eigenvalue weighted by Crippen LogP contribution is -2.41. The van der Waals surface area contributed by atoms with Crippen molar-refractivity contribution in [1.29, 1.82) is 0 Å². The van der Waals surface area contributed by atoms with Gasteiger partial charge in [-0.2, -0.15) is 0 Å². The fourth-order valence-corrected chi connectivity index (χ4v) is 2.63. The summed E-state index contributed by atoms with van der Waals surface area (Å²) in [4.78, 5) is 13.9. The second kappa shape index (κ2) is 8.02. The summed E-state index contributed by atoms with van der Waals surface area (Å²) in [5, 5.41) is 8.98. The number of rotatable bonds is 6. The largest absolute Gasteiger partial charge is 0.396 e. The fraction of sp³-hybridized carbons (Fsp3) is 0.562. The number of likely N-dealkylation sites (tertiary alicyclic amines) is 1. The number of aliphatic hydroxyl groups excluding tert-OH is 1. The van der Waals surface area contributed by atoms with Crippen LogP contribution in [0.3, 0.4) is 0 Å². The molecular formula is C16H23NO3. The third-order valence-corrected chi connectivity index (χ3v) is 3.75. The van der Waals surface area contributed by atoms with Crippen molar-refractivity contribution in [3.05, 3.63) is 35.9 Å². The van der Waals surface area contributed by atoms with Crippen LogP contribution in [-0.4, -0.2) is 42.2 Å². The maximum atomic E-state index is 12.1. The predicted molar refractivity (Wildman–Crippen MR) is 77.1 cm³/mol. The standard InChI is InChI=1S/C16H23NO3/c18-10-8-14-7-4-9-17(11-14)16(19)13-20-12-15-5-2-1-3-6-15/h1-3,5-6,14,18H,4,7-13H2. The highest BCUT2D eigenvalue weighted by Gasteiger charge is 2.23.